The number of amides is 1. The van der Waals surface area contributed by atoms with Crippen LogP contribution in [0.1, 0.15) is 36.5 Å². The van der Waals surface area contributed by atoms with Gasteiger partial charge < -0.3 is 15.2 Å². The highest BCUT2D eigenvalue weighted by molar-refractivity contribution is 5.93. The number of hydrogen-bond donors (Lipinski definition) is 1. The molecule has 0 atom stereocenters. The Balaban J connectivity index is 2.72. The van der Waals surface area contributed by atoms with Crippen molar-refractivity contribution in [3.63, 3.8) is 0 Å². The van der Waals surface area contributed by atoms with Gasteiger partial charge >= 0.3 is 0 Å². The van der Waals surface area contributed by atoms with E-state index < -0.39 is 5.91 Å². The smallest absolute Gasteiger partial charge is 0.248 e. The highest BCUT2D eigenvalue weighted by atomic mass is 16.5. The standard InChI is InChI=1S/C13H19NO3/c1-3-4-5-8-17-12-9-10(13(14)15)6-7-11(12)16-2/h6-7,9H,3-5,8H2,1-2H3,(H2,14,15). The summed E-state index contributed by atoms with van der Waals surface area (Å²) >= 11 is 0. The summed E-state index contributed by atoms with van der Waals surface area (Å²) < 4.78 is 10.7. The molecule has 4 heteroatoms. The van der Waals surface area contributed by atoms with Gasteiger partial charge in [0.2, 0.25) is 5.91 Å². The van der Waals surface area contributed by atoms with Crippen LogP contribution in [0.15, 0.2) is 18.2 Å². The van der Waals surface area contributed by atoms with Crippen LogP contribution in [-0.4, -0.2) is 19.6 Å². The van der Waals surface area contributed by atoms with E-state index in [9.17, 15) is 4.79 Å². The number of nitrogens with two attached hydrogens (primary N) is 1. The van der Waals surface area contributed by atoms with E-state index in [2.05, 4.69) is 6.92 Å². The van der Waals surface area contributed by atoms with Gasteiger partial charge in [-0.2, -0.15) is 0 Å². The second-order valence-corrected chi connectivity index (χ2v) is 3.79. The monoisotopic (exact) mass is 237 g/mol. The normalized spacial score (nSPS) is 10.0. The molecule has 0 aliphatic rings. The van der Waals surface area contributed by atoms with Crippen LogP contribution >= 0.6 is 0 Å². The number of unbranched alkanes of at least 4 members (excludes halogenated alkanes) is 2. The summed E-state index contributed by atoms with van der Waals surface area (Å²) in [6.07, 6.45) is 3.25. The van der Waals surface area contributed by atoms with Crippen LogP contribution in [0.4, 0.5) is 0 Å². The lowest BCUT2D eigenvalue weighted by Gasteiger charge is -2.11. The van der Waals surface area contributed by atoms with E-state index in [1.54, 1.807) is 25.3 Å². The van der Waals surface area contributed by atoms with Gasteiger partial charge in [-0.1, -0.05) is 19.8 Å². The van der Waals surface area contributed by atoms with Crippen molar-refractivity contribution in [2.45, 2.75) is 26.2 Å². The number of primary amides is 1. The number of methoxy groups -OCH3 is 1. The summed E-state index contributed by atoms with van der Waals surface area (Å²) in [5.74, 6) is 0.720. The van der Waals surface area contributed by atoms with Gasteiger partial charge in [-0.05, 0) is 24.6 Å². The zero-order chi connectivity index (χ0) is 12.7. The fourth-order valence-corrected chi connectivity index (χ4v) is 1.48. The third-order valence-electron chi connectivity index (χ3n) is 2.45. The second-order valence-electron chi connectivity index (χ2n) is 3.79. The molecule has 0 aromatic heterocycles. The molecule has 1 amide bonds. The van der Waals surface area contributed by atoms with E-state index in [1.165, 1.54) is 0 Å². The molecular weight excluding hydrogens is 218 g/mol. The topological polar surface area (TPSA) is 61.5 Å². The molecule has 4 nitrogen and oxygen atoms in total. The Hall–Kier alpha value is -1.71. The largest absolute Gasteiger partial charge is 0.493 e. The highest BCUT2D eigenvalue weighted by Gasteiger charge is 2.08. The molecule has 0 aliphatic carbocycles. The van der Waals surface area contributed by atoms with Gasteiger partial charge in [-0.3, -0.25) is 4.79 Å². The highest BCUT2D eigenvalue weighted by Crippen LogP contribution is 2.28. The SMILES string of the molecule is CCCCCOc1cc(C(N)=O)ccc1OC. The van der Waals surface area contributed by atoms with Crippen LogP contribution in [0.25, 0.3) is 0 Å². The molecule has 0 unspecified atom stereocenters. The molecule has 0 radical (unpaired) electrons. The van der Waals surface area contributed by atoms with Crippen LogP contribution in [0, 0.1) is 0 Å². The Morgan fingerprint density at radius 1 is 1.29 bits per heavy atom. The molecule has 0 fully saturated rings. The molecule has 1 aromatic rings. The summed E-state index contributed by atoms with van der Waals surface area (Å²) in [6.45, 7) is 2.75. The third kappa shape index (κ3) is 3.98. The van der Waals surface area contributed by atoms with Gasteiger partial charge in [0.25, 0.3) is 0 Å². The lowest BCUT2D eigenvalue weighted by Crippen LogP contribution is -2.11. The van der Waals surface area contributed by atoms with Crippen LogP contribution < -0.4 is 15.2 Å². The van der Waals surface area contributed by atoms with Crippen LogP contribution in [0.3, 0.4) is 0 Å². The average molecular weight is 237 g/mol. The molecule has 1 rings (SSSR count). The predicted octanol–water partition coefficient (Wildman–Crippen LogP) is 2.36. The predicted molar refractivity (Wildman–Crippen MR) is 66.5 cm³/mol. The molecule has 0 spiro atoms. The molecule has 2 N–H and O–H groups in total. The van der Waals surface area contributed by atoms with Crippen molar-refractivity contribution < 1.29 is 14.3 Å². The first-order valence-corrected chi connectivity index (χ1v) is 5.79. The Morgan fingerprint density at radius 2 is 2.06 bits per heavy atom. The first kappa shape index (κ1) is 13.4. The summed E-state index contributed by atoms with van der Waals surface area (Å²) in [5.41, 5.74) is 5.64. The van der Waals surface area contributed by atoms with Gasteiger partial charge in [0.15, 0.2) is 11.5 Å². The fraction of sp³-hybridized carbons (Fsp3) is 0.462. The Bertz CT molecular complexity index is 377. The van der Waals surface area contributed by atoms with Gasteiger partial charge in [0.1, 0.15) is 0 Å². The van der Waals surface area contributed by atoms with Crippen LogP contribution in [0.2, 0.25) is 0 Å². The summed E-state index contributed by atoms with van der Waals surface area (Å²) in [6, 6.07) is 4.93. The second kappa shape index (κ2) is 6.78. The summed E-state index contributed by atoms with van der Waals surface area (Å²) in [4.78, 5) is 11.1. The fourth-order valence-electron chi connectivity index (χ4n) is 1.48. The summed E-state index contributed by atoms with van der Waals surface area (Å²) in [5, 5.41) is 0. The van der Waals surface area contributed by atoms with Crippen molar-refractivity contribution in [2.24, 2.45) is 5.73 Å². The first-order chi connectivity index (χ1) is 8.19. The molecule has 94 valence electrons. The van der Waals surface area contributed by atoms with Gasteiger partial charge in [0.05, 0.1) is 13.7 Å². The maximum atomic E-state index is 11.1. The van der Waals surface area contributed by atoms with Gasteiger partial charge in [-0.25, -0.2) is 0 Å². The summed E-state index contributed by atoms with van der Waals surface area (Å²) in [7, 11) is 1.57. The van der Waals surface area contributed by atoms with Crippen molar-refractivity contribution in [3.8, 4) is 11.5 Å². The van der Waals surface area contributed by atoms with E-state index in [1.807, 2.05) is 0 Å². The minimum absolute atomic E-state index is 0.427. The van der Waals surface area contributed by atoms with Crippen LogP contribution in [-0.2, 0) is 0 Å². The Kier molecular flexibility index (Phi) is 5.33. The van der Waals surface area contributed by atoms with Crippen LogP contribution in [0.5, 0.6) is 11.5 Å². The Labute approximate surface area is 102 Å². The van der Waals surface area contributed by atoms with E-state index in [4.69, 9.17) is 15.2 Å². The van der Waals surface area contributed by atoms with E-state index in [0.29, 0.717) is 23.7 Å². The van der Waals surface area contributed by atoms with Crippen molar-refractivity contribution in [1.82, 2.24) is 0 Å². The first-order valence-electron chi connectivity index (χ1n) is 5.79. The van der Waals surface area contributed by atoms with E-state index in [0.717, 1.165) is 19.3 Å². The molecule has 0 saturated heterocycles. The minimum atomic E-state index is -0.467. The van der Waals surface area contributed by atoms with Crippen molar-refractivity contribution in [2.75, 3.05) is 13.7 Å². The van der Waals surface area contributed by atoms with Crippen molar-refractivity contribution >= 4 is 5.91 Å². The zero-order valence-corrected chi connectivity index (χ0v) is 10.4. The lowest BCUT2D eigenvalue weighted by atomic mass is 10.2. The minimum Gasteiger partial charge on any atom is -0.493 e. The maximum Gasteiger partial charge on any atom is 0.248 e. The molecule has 0 bridgehead atoms. The number of carbonyl (C=O) groups excluding carboxylic acids is 1. The quantitative estimate of drug-likeness (QED) is 0.740. The molecule has 17 heavy (non-hydrogen) atoms. The number of rotatable bonds is 7. The molecule has 0 heterocycles. The number of ether oxygens (including phenoxy) is 2. The molecule has 1 aromatic carbocycles. The average Bonchev–Trinajstić information content (AvgIpc) is 2.34. The van der Waals surface area contributed by atoms with E-state index >= 15 is 0 Å². The van der Waals surface area contributed by atoms with Gasteiger partial charge in [0, 0.05) is 5.56 Å². The van der Waals surface area contributed by atoms with Gasteiger partial charge in [-0.15, -0.1) is 0 Å². The Morgan fingerprint density at radius 3 is 2.65 bits per heavy atom. The zero-order valence-electron chi connectivity index (χ0n) is 10.4. The number of hydrogen-bond acceptors (Lipinski definition) is 3. The molecule has 0 aliphatic heterocycles. The number of carbonyl (C=O) groups is 1. The lowest BCUT2D eigenvalue weighted by molar-refractivity contribution is 0.0999. The molecular formula is C13H19NO3. The van der Waals surface area contributed by atoms with Crippen molar-refractivity contribution in [1.29, 1.82) is 0 Å². The van der Waals surface area contributed by atoms with E-state index in [-0.39, 0.29) is 0 Å². The van der Waals surface area contributed by atoms with Crippen molar-refractivity contribution in [3.05, 3.63) is 23.8 Å². The number of benzene rings is 1. The third-order valence-corrected chi connectivity index (χ3v) is 2.45. The maximum absolute atomic E-state index is 11.1. The molecule has 0 saturated carbocycles.